The predicted molar refractivity (Wildman–Crippen MR) is 97.9 cm³/mol. The maximum absolute atomic E-state index is 12.8. The lowest BCUT2D eigenvalue weighted by Gasteiger charge is -2.24. The molecule has 0 saturated carbocycles. The lowest BCUT2D eigenvalue weighted by molar-refractivity contribution is -0.169. The molecule has 1 saturated heterocycles. The summed E-state index contributed by atoms with van der Waals surface area (Å²) in [6.07, 6.45) is 2.32. The van der Waals surface area contributed by atoms with Crippen LogP contribution in [0.3, 0.4) is 0 Å². The Bertz CT molecular complexity index is 768. The van der Waals surface area contributed by atoms with Crippen LogP contribution in [-0.2, 0) is 27.4 Å². The van der Waals surface area contributed by atoms with Gasteiger partial charge in [0, 0.05) is 12.0 Å². The number of aliphatic hydroxyl groups is 1. The van der Waals surface area contributed by atoms with E-state index < -0.39 is 11.7 Å². The van der Waals surface area contributed by atoms with E-state index in [0.29, 0.717) is 17.8 Å². The van der Waals surface area contributed by atoms with Gasteiger partial charge in [-0.15, -0.1) is 0 Å². The van der Waals surface area contributed by atoms with Gasteiger partial charge >= 0.3 is 6.09 Å². The van der Waals surface area contributed by atoms with Gasteiger partial charge in [-0.25, -0.2) is 9.36 Å². The van der Waals surface area contributed by atoms with Gasteiger partial charge in [0.1, 0.15) is 5.60 Å². The highest BCUT2D eigenvalue weighted by molar-refractivity contribution is 5.91. The molecule has 3 rings (SSSR count). The second kappa shape index (κ2) is 7.78. The second-order valence-electron chi connectivity index (χ2n) is 7.61. The first-order valence-corrected chi connectivity index (χ1v) is 9.08. The van der Waals surface area contributed by atoms with Crippen LogP contribution in [0.15, 0.2) is 24.3 Å². The Kier molecular flexibility index (Phi) is 5.65. The first-order valence-electron chi connectivity index (χ1n) is 9.08. The molecule has 1 aromatic heterocycles. The Labute approximate surface area is 153 Å². The standard InChI is InChI=1S/C20H27NO5/c1-20(2,3)26-19(23)21-16(13-25-18-6-4-5-9-24-18)11-15-8-7-14(12-22)10-17(15)21/h7-8,10-11,18,22H,4-6,9,12-13H2,1-3H3. The molecule has 2 heterocycles. The highest BCUT2D eigenvalue weighted by atomic mass is 16.7. The van der Waals surface area contributed by atoms with E-state index in [0.717, 1.165) is 30.2 Å². The van der Waals surface area contributed by atoms with Crippen LogP contribution in [0.1, 0.15) is 51.3 Å². The average Bonchev–Trinajstić information content (AvgIpc) is 2.96. The monoisotopic (exact) mass is 361 g/mol. The van der Waals surface area contributed by atoms with E-state index in [9.17, 15) is 9.90 Å². The molecule has 1 atom stereocenters. The molecule has 0 spiro atoms. The molecule has 6 heteroatoms. The van der Waals surface area contributed by atoms with Crippen molar-refractivity contribution in [1.29, 1.82) is 0 Å². The van der Waals surface area contributed by atoms with Gasteiger partial charge in [-0.1, -0.05) is 12.1 Å². The smallest absolute Gasteiger partial charge is 0.419 e. The van der Waals surface area contributed by atoms with Crippen LogP contribution in [-0.4, -0.2) is 34.3 Å². The fourth-order valence-electron chi connectivity index (χ4n) is 3.05. The summed E-state index contributed by atoms with van der Waals surface area (Å²) in [7, 11) is 0. The number of aromatic nitrogens is 1. The maximum atomic E-state index is 12.8. The van der Waals surface area contributed by atoms with Crippen molar-refractivity contribution in [2.24, 2.45) is 0 Å². The summed E-state index contributed by atoms with van der Waals surface area (Å²) >= 11 is 0. The molecule has 0 amide bonds. The van der Waals surface area contributed by atoms with Gasteiger partial charge in [0.25, 0.3) is 0 Å². The van der Waals surface area contributed by atoms with Crippen LogP contribution < -0.4 is 0 Å². The van der Waals surface area contributed by atoms with E-state index >= 15 is 0 Å². The molecule has 1 aliphatic heterocycles. The van der Waals surface area contributed by atoms with Crippen molar-refractivity contribution in [1.82, 2.24) is 4.57 Å². The lowest BCUT2D eigenvalue weighted by Crippen LogP contribution is -2.28. The summed E-state index contributed by atoms with van der Waals surface area (Å²) in [6, 6.07) is 7.46. The third kappa shape index (κ3) is 4.44. The molecule has 0 bridgehead atoms. The van der Waals surface area contributed by atoms with Crippen LogP contribution in [0, 0.1) is 0 Å². The van der Waals surface area contributed by atoms with E-state index in [4.69, 9.17) is 14.2 Å². The molecule has 0 radical (unpaired) electrons. The first-order chi connectivity index (χ1) is 12.4. The Morgan fingerprint density at radius 2 is 2.12 bits per heavy atom. The van der Waals surface area contributed by atoms with Crippen molar-refractivity contribution < 1.29 is 24.1 Å². The van der Waals surface area contributed by atoms with E-state index in [1.165, 1.54) is 4.57 Å². The van der Waals surface area contributed by atoms with Gasteiger partial charge in [0.05, 0.1) is 24.4 Å². The minimum absolute atomic E-state index is 0.0861. The Morgan fingerprint density at radius 1 is 1.31 bits per heavy atom. The second-order valence-corrected chi connectivity index (χ2v) is 7.61. The van der Waals surface area contributed by atoms with E-state index in [1.54, 1.807) is 6.07 Å². The third-order valence-corrected chi connectivity index (χ3v) is 4.26. The zero-order chi connectivity index (χ0) is 18.7. The molecular formula is C20H27NO5. The molecule has 1 aromatic carbocycles. The van der Waals surface area contributed by atoms with Crippen molar-refractivity contribution in [2.75, 3.05) is 6.61 Å². The normalized spacial score (nSPS) is 18.2. The van der Waals surface area contributed by atoms with Crippen molar-refractivity contribution in [3.05, 3.63) is 35.5 Å². The minimum Gasteiger partial charge on any atom is -0.443 e. The summed E-state index contributed by atoms with van der Waals surface area (Å²) in [5.41, 5.74) is 1.54. The number of benzene rings is 1. The predicted octanol–water partition coefficient (Wildman–Crippen LogP) is 3.96. The van der Waals surface area contributed by atoms with Gasteiger partial charge in [-0.3, -0.25) is 0 Å². The molecule has 1 aliphatic rings. The fourth-order valence-corrected chi connectivity index (χ4v) is 3.05. The number of fused-ring (bicyclic) bond motifs is 1. The fraction of sp³-hybridized carbons (Fsp3) is 0.550. The minimum atomic E-state index is -0.604. The van der Waals surface area contributed by atoms with E-state index in [-0.39, 0.29) is 19.5 Å². The van der Waals surface area contributed by atoms with Crippen LogP contribution in [0.25, 0.3) is 10.9 Å². The average molecular weight is 361 g/mol. The largest absolute Gasteiger partial charge is 0.443 e. The van der Waals surface area contributed by atoms with Crippen molar-refractivity contribution in [2.45, 2.75) is 65.1 Å². The summed E-state index contributed by atoms with van der Waals surface area (Å²) in [4.78, 5) is 12.8. The van der Waals surface area contributed by atoms with Crippen molar-refractivity contribution in [3.63, 3.8) is 0 Å². The Balaban J connectivity index is 1.92. The van der Waals surface area contributed by atoms with Crippen LogP contribution in [0.5, 0.6) is 0 Å². The van der Waals surface area contributed by atoms with E-state index in [2.05, 4.69) is 0 Å². The van der Waals surface area contributed by atoms with Gasteiger partial charge < -0.3 is 19.3 Å². The zero-order valence-electron chi connectivity index (χ0n) is 15.7. The van der Waals surface area contributed by atoms with E-state index in [1.807, 2.05) is 39.0 Å². The van der Waals surface area contributed by atoms with Gasteiger partial charge in [-0.2, -0.15) is 0 Å². The molecule has 6 nitrogen and oxygen atoms in total. The molecular weight excluding hydrogens is 334 g/mol. The number of aliphatic hydroxyl groups excluding tert-OH is 1. The molecule has 26 heavy (non-hydrogen) atoms. The van der Waals surface area contributed by atoms with Crippen molar-refractivity contribution >= 4 is 17.0 Å². The number of hydrogen-bond donors (Lipinski definition) is 1. The van der Waals surface area contributed by atoms with Crippen LogP contribution in [0.2, 0.25) is 0 Å². The Morgan fingerprint density at radius 3 is 2.77 bits per heavy atom. The van der Waals surface area contributed by atoms with Crippen LogP contribution in [0.4, 0.5) is 4.79 Å². The number of rotatable bonds is 4. The summed E-state index contributed by atoms with van der Waals surface area (Å²) < 4.78 is 18.6. The molecule has 0 aliphatic carbocycles. The number of ether oxygens (including phenoxy) is 3. The molecule has 1 fully saturated rings. The zero-order valence-corrected chi connectivity index (χ0v) is 15.7. The number of hydrogen-bond acceptors (Lipinski definition) is 5. The molecule has 2 aromatic rings. The number of carbonyl (C=O) groups excluding carboxylic acids is 1. The third-order valence-electron chi connectivity index (χ3n) is 4.26. The Hall–Kier alpha value is -1.89. The molecule has 1 unspecified atom stereocenters. The SMILES string of the molecule is CC(C)(C)OC(=O)n1c(COC2CCCCO2)cc2ccc(CO)cc21. The van der Waals surface area contributed by atoms with Crippen molar-refractivity contribution in [3.8, 4) is 0 Å². The molecule has 142 valence electrons. The summed E-state index contributed by atoms with van der Waals surface area (Å²) in [6.45, 7) is 6.38. The lowest BCUT2D eigenvalue weighted by atomic mass is 10.2. The maximum Gasteiger partial charge on any atom is 0.419 e. The highest BCUT2D eigenvalue weighted by Crippen LogP contribution is 2.25. The van der Waals surface area contributed by atoms with Crippen LogP contribution >= 0.6 is 0 Å². The topological polar surface area (TPSA) is 69.9 Å². The summed E-state index contributed by atoms with van der Waals surface area (Å²) in [5.74, 6) is 0. The van der Waals surface area contributed by atoms with Gasteiger partial charge in [-0.05, 0) is 57.7 Å². The van der Waals surface area contributed by atoms with Gasteiger partial charge in [0.15, 0.2) is 6.29 Å². The van der Waals surface area contributed by atoms with Gasteiger partial charge in [0.2, 0.25) is 0 Å². The highest BCUT2D eigenvalue weighted by Gasteiger charge is 2.23. The summed E-state index contributed by atoms with van der Waals surface area (Å²) in [5, 5.41) is 10.3. The number of carbonyl (C=O) groups is 1. The number of nitrogens with zero attached hydrogens (tertiary/aromatic N) is 1. The first kappa shape index (κ1) is 18.9. The molecule has 1 N–H and O–H groups in total. The quantitative estimate of drug-likeness (QED) is 0.893.